The summed E-state index contributed by atoms with van der Waals surface area (Å²) in [4.78, 5) is 11.0. The number of hydrogen-bond donors (Lipinski definition) is 0. The van der Waals surface area contributed by atoms with Crippen LogP contribution in [0, 0.1) is 0 Å². The number of fused-ring (bicyclic) bond motifs is 1. The minimum atomic E-state index is -0.187. The van der Waals surface area contributed by atoms with Gasteiger partial charge in [-0.2, -0.15) is 0 Å². The Hall–Kier alpha value is -1.51. The molecule has 0 bridgehead atoms. The number of carbonyl (C=O) groups is 1. The van der Waals surface area contributed by atoms with Crippen LogP contribution in [0.1, 0.15) is 11.4 Å². The Morgan fingerprint density at radius 3 is 3.23 bits per heavy atom. The first-order chi connectivity index (χ1) is 6.31. The van der Waals surface area contributed by atoms with Crippen molar-refractivity contribution in [2.75, 3.05) is 7.11 Å². The lowest BCUT2D eigenvalue weighted by Crippen LogP contribution is -2.09. The maximum absolute atomic E-state index is 11.0. The number of ether oxygens (including phenoxy) is 1. The molecule has 0 saturated carbocycles. The fourth-order valence-corrected chi connectivity index (χ4v) is 1.55. The minimum absolute atomic E-state index is 0.187. The van der Waals surface area contributed by atoms with Gasteiger partial charge in [0.2, 0.25) is 0 Å². The number of aromatic nitrogens is 1. The zero-order valence-electron chi connectivity index (χ0n) is 7.49. The van der Waals surface area contributed by atoms with Gasteiger partial charge >= 0.3 is 5.97 Å². The summed E-state index contributed by atoms with van der Waals surface area (Å²) in [6, 6.07) is 3.98. The fourth-order valence-electron chi connectivity index (χ4n) is 1.55. The Morgan fingerprint density at radius 1 is 1.62 bits per heavy atom. The van der Waals surface area contributed by atoms with Crippen molar-refractivity contribution in [3.8, 4) is 0 Å². The van der Waals surface area contributed by atoms with E-state index >= 15 is 0 Å². The summed E-state index contributed by atoms with van der Waals surface area (Å²) in [6.07, 6.45) is 4.50. The molecule has 68 valence electrons. The van der Waals surface area contributed by atoms with E-state index < -0.39 is 0 Å². The highest BCUT2D eigenvalue weighted by molar-refractivity contribution is 5.72. The highest BCUT2D eigenvalue weighted by Gasteiger charge is 2.12. The van der Waals surface area contributed by atoms with Crippen molar-refractivity contribution in [1.82, 2.24) is 4.57 Å². The van der Waals surface area contributed by atoms with Crippen LogP contribution in [0.25, 0.3) is 6.08 Å². The topological polar surface area (TPSA) is 31.2 Å². The fraction of sp³-hybridized carbons (Fsp3) is 0.300. The van der Waals surface area contributed by atoms with Crippen LogP contribution in [0.3, 0.4) is 0 Å². The molecule has 0 unspecified atom stereocenters. The van der Waals surface area contributed by atoms with Gasteiger partial charge in [0.1, 0.15) is 0 Å². The molecule has 1 aromatic heterocycles. The maximum atomic E-state index is 11.0. The first-order valence-electron chi connectivity index (χ1n) is 4.23. The highest BCUT2D eigenvalue weighted by atomic mass is 16.5. The van der Waals surface area contributed by atoms with Crippen LogP contribution in [0.15, 0.2) is 18.2 Å². The summed E-state index contributed by atoms with van der Waals surface area (Å²) in [6.45, 7) is 0.870. The lowest BCUT2D eigenvalue weighted by Gasteiger charge is -2.04. The first kappa shape index (κ1) is 8.10. The zero-order valence-corrected chi connectivity index (χ0v) is 7.49. The van der Waals surface area contributed by atoms with Crippen LogP contribution in [0.5, 0.6) is 0 Å². The molecule has 3 heteroatoms. The summed E-state index contributed by atoms with van der Waals surface area (Å²) in [5.41, 5.74) is 2.19. The van der Waals surface area contributed by atoms with E-state index in [4.69, 9.17) is 0 Å². The van der Waals surface area contributed by atoms with Gasteiger partial charge in [-0.1, -0.05) is 6.08 Å². The van der Waals surface area contributed by atoms with E-state index in [0.29, 0.717) is 6.42 Å². The Bertz CT molecular complexity index is 363. The van der Waals surface area contributed by atoms with E-state index in [1.807, 2.05) is 12.1 Å². The van der Waals surface area contributed by atoms with Crippen molar-refractivity contribution >= 4 is 12.0 Å². The van der Waals surface area contributed by atoms with Gasteiger partial charge < -0.3 is 9.30 Å². The molecule has 1 aliphatic rings. The van der Waals surface area contributed by atoms with Crippen LogP contribution < -0.4 is 0 Å². The molecule has 0 N–H and O–H groups in total. The second-order valence-corrected chi connectivity index (χ2v) is 3.02. The predicted molar refractivity (Wildman–Crippen MR) is 49.2 cm³/mol. The van der Waals surface area contributed by atoms with Crippen molar-refractivity contribution in [2.24, 2.45) is 0 Å². The Balaban J connectivity index is 2.19. The van der Waals surface area contributed by atoms with Crippen molar-refractivity contribution in [2.45, 2.75) is 13.0 Å². The van der Waals surface area contributed by atoms with Gasteiger partial charge in [-0.25, -0.2) is 0 Å². The molecule has 0 saturated heterocycles. The summed E-state index contributed by atoms with van der Waals surface area (Å²) in [5, 5.41) is 0. The molecule has 0 spiro atoms. The lowest BCUT2D eigenvalue weighted by atomic mass is 10.3. The van der Waals surface area contributed by atoms with Crippen molar-refractivity contribution in [3.05, 3.63) is 29.6 Å². The van der Waals surface area contributed by atoms with Crippen molar-refractivity contribution in [1.29, 1.82) is 0 Å². The second kappa shape index (κ2) is 3.09. The molecular formula is C10H11NO2. The molecule has 1 aromatic rings. The quantitative estimate of drug-likeness (QED) is 0.636. The van der Waals surface area contributed by atoms with E-state index in [9.17, 15) is 4.79 Å². The number of carbonyl (C=O) groups excluding carboxylic acids is 1. The average molecular weight is 177 g/mol. The average Bonchev–Trinajstić information content (AvgIpc) is 2.69. The molecule has 13 heavy (non-hydrogen) atoms. The van der Waals surface area contributed by atoms with Gasteiger partial charge in [0.15, 0.2) is 0 Å². The van der Waals surface area contributed by atoms with Crippen molar-refractivity contribution < 1.29 is 9.53 Å². The minimum Gasteiger partial charge on any atom is -0.469 e. The van der Waals surface area contributed by atoms with E-state index in [-0.39, 0.29) is 5.97 Å². The van der Waals surface area contributed by atoms with Crippen LogP contribution in [0.2, 0.25) is 0 Å². The van der Waals surface area contributed by atoms with Gasteiger partial charge in [0, 0.05) is 17.9 Å². The molecular weight excluding hydrogens is 166 g/mol. The largest absolute Gasteiger partial charge is 0.469 e. The van der Waals surface area contributed by atoms with Gasteiger partial charge in [-0.05, 0) is 18.2 Å². The molecule has 0 fully saturated rings. The Morgan fingerprint density at radius 2 is 2.46 bits per heavy atom. The van der Waals surface area contributed by atoms with Crippen molar-refractivity contribution in [3.63, 3.8) is 0 Å². The van der Waals surface area contributed by atoms with Gasteiger partial charge in [0.05, 0.1) is 13.5 Å². The first-order valence-corrected chi connectivity index (χ1v) is 4.23. The summed E-state index contributed by atoms with van der Waals surface area (Å²) < 4.78 is 6.72. The summed E-state index contributed by atoms with van der Waals surface area (Å²) in [5.74, 6) is -0.187. The van der Waals surface area contributed by atoms with Crippen LogP contribution in [-0.2, 0) is 22.5 Å². The molecule has 1 aliphatic heterocycles. The van der Waals surface area contributed by atoms with E-state index in [0.717, 1.165) is 12.2 Å². The molecule has 0 aliphatic carbocycles. The summed E-state index contributed by atoms with van der Waals surface area (Å²) in [7, 11) is 1.41. The molecule has 2 rings (SSSR count). The number of esters is 1. The van der Waals surface area contributed by atoms with Crippen LogP contribution >= 0.6 is 0 Å². The normalized spacial score (nSPS) is 13.0. The smallest absolute Gasteiger partial charge is 0.311 e. The van der Waals surface area contributed by atoms with E-state index in [1.54, 1.807) is 0 Å². The lowest BCUT2D eigenvalue weighted by molar-refractivity contribution is -0.139. The zero-order chi connectivity index (χ0) is 9.26. The Kier molecular flexibility index (Phi) is 1.93. The van der Waals surface area contributed by atoms with Gasteiger partial charge in [-0.3, -0.25) is 4.79 Å². The second-order valence-electron chi connectivity index (χ2n) is 3.02. The number of hydrogen-bond acceptors (Lipinski definition) is 2. The van der Waals surface area contributed by atoms with Gasteiger partial charge in [-0.15, -0.1) is 0 Å². The maximum Gasteiger partial charge on any atom is 0.311 e. The molecule has 0 aromatic carbocycles. The SMILES string of the molecule is COC(=O)Cc1ccc2n1CC=C2. The Labute approximate surface area is 76.6 Å². The molecule has 2 heterocycles. The monoisotopic (exact) mass is 177 g/mol. The third-order valence-electron chi connectivity index (χ3n) is 2.23. The molecule has 3 nitrogen and oxygen atoms in total. The standard InChI is InChI=1S/C10H11NO2/c1-13-10(12)7-9-5-4-8-3-2-6-11(8)9/h2-5H,6-7H2,1H3. The number of methoxy groups -OCH3 is 1. The van der Waals surface area contributed by atoms with Crippen LogP contribution in [-0.4, -0.2) is 17.6 Å². The third-order valence-corrected chi connectivity index (χ3v) is 2.23. The molecule has 0 atom stereocenters. The van der Waals surface area contributed by atoms with E-state index in [1.165, 1.54) is 12.8 Å². The number of rotatable bonds is 2. The van der Waals surface area contributed by atoms with Crippen LogP contribution in [0.4, 0.5) is 0 Å². The summed E-state index contributed by atoms with van der Waals surface area (Å²) >= 11 is 0. The predicted octanol–water partition coefficient (Wildman–Crippen LogP) is 1.23. The molecule has 0 amide bonds. The third kappa shape index (κ3) is 1.37. The number of allylic oxidation sites excluding steroid dienone is 1. The van der Waals surface area contributed by atoms with E-state index in [2.05, 4.69) is 21.5 Å². The highest BCUT2D eigenvalue weighted by Crippen LogP contribution is 2.17. The number of nitrogens with zero attached hydrogens (tertiary/aromatic N) is 1. The molecule has 0 radical (unpaired) electrons. The van der Waals surface area contributed by atoms with Gasteiger partial charge in [0.25, 0.3) is 0 Å².